The number of thioether (sulfide) groups is 1. The maximum Gasteiger partial charge on any atom is 0.326 e. The fourth-order valence-electron chi connectivity index (χ4n) is 0.848. The molecule has 5 heteroatoms. The SMILES string of the molecule is CCSCC[C@@H](NC(C)=O)C(=O)O. The summed E-state index contributed by atoms with van der Waals surface area (Å²) in [4.78, 5) is 21.2. The largest absolute Gasteiger partial charge is 0.480 e. The Bertz CT molecular complexity index is 184. The molecule has 1 atom stereocenters. The first-order valence-electron chi connectivity index (χ1n) is 4.15. The molecule has 0 aromatic heterocycles. The second kappa shape index (κ2) is 6.77. The number of hydrogen-bond acceptors (Lipinski definition) is 3. The summed E-state index contributed by atoms with van der Waals surface area (Å²) in [5.41, 5.74) is 0. The summed E-state index contributed by atoms with van der Waals surface area (Å²) in [5, 5.41) is 11.1. The third kappa shape index (κ3) is 6.45. The molecule has 4 nitrogen and oxygen atoms in total. The maximum absolute atomic E-state index is 10.6. The van der Waals surface area contributed by atoms with Gasteiger partial charge in [0.1, 0.15) is 6.04 Å². The molecular weight excluding hydrogens is 190 g/mol. The maximum atomic E-state index is 10.6. The minimum atomic E-state index is -0.966. The molecule has 0 aliphatic heterocycles. The van der Waals surface area contributed by atoms with Gasteiger partial charge in [-0.15, -0.1) is 0 Å². The third-order valence-electron chi connectivity index (χ3n) is 1.43. The van der Waals surface area contributed by atoms with Gasteiger partial charge in [-0.25, -0.2) is 4.79 Å². The molecule has 2 N–H and O–H groups in total. The van der Waals surface area contributed by atoms with Crippen LogP contribution < -0.4 is 5.32 Å². The summed E-state index contributed by atoms with van der Waals surface area (Å²) in [7, 11) is 0. The Morgan fingerprint density at radius 2 is 2.15 bits per heavy atom. The standard InChI is InChI=1S/C8H15NO3S/c1-3-13-5-4-7(8(11)12)9-6(2)10/h7H,3-5H2,1-2H3,(H,9,10)(H,11,12)/t7-/m1/s1. The van der Waals surface area contributed by atoms with Gasteiger partial charge in [-0.05, 0) is 17.9 Å². The first-order chi connectivity index (χ1) is 6.07. The fraction of sp³-hybridized carbons (Fsp3) is 0.750. The lowest BCUT2D eigenvalue weighted by Gasteiger charge is -2.11. The van der Waals surface area contributed by atoms with Crippen LogP contribution in [0.25, 0.3) is 0 Å². The van der Waals surface area contributed by atoms with Crippen LogP contribution in [-0.4, -0.2) is 34.5 Å². The van der Waals surface area contributed by atoms with Crippen LogP contribution in [0.4, 0.5) is 0 Å². The zero-order valence-electron chi connectivity index (χ0n) is 7.87. The molecule has 76 valence electrons. The van der Waals surface area contributed by atoms with Crippen LogP contribution in [0.2, 0.25) is 0 Å². The molecule has 0 aliphatic carbocycles. The molecule has 0 bridgehead atoms. The van der Waals surface area contributed by atoms with E-state index in [0.29, 0.717) is 6.42 Å². The van der Waals surface area contributed by atoms with E-state index >= 15 is 0 Å². The Labute approximate surface area is 82.1 Å². The summed E-state index contributed by atoms with van der Waals surface area (Å²) < 4.78 is 0. The number of carboxylic acid groups (broad SMARTS) is 1. The van der Waals surface area contributed by atoms with Crippen LogP contribution >= 0.6 is 11.8 Å². The summed E-state index contributed by atoms with van der Waals surface area (Å²) in [6, 6.07) is -0.739. The number of carboxylic acids is 1. The molecule has 0 heterocycles. The van der Waals surface area contributed by atoms with Crippen molar-refractivity contribution in [3.63, 3.8) is 0 Å². The number of hydrogen-bond donors (Lipinski definition) is 2. The van der Waals surface area contributed by atoms with Crippen LogP contribution in [0.5, 0.6) is 0 Å². The van der Waals surface area contributed by atoms with Gasteiger partial charge in [0.2, 0.25) is 5.91 Å². The third-order valence-corrected chi connectivity index (χ3v) is 2.36. The van der Waals surface area contributed by atoms with Crippen LogP contribution in [0.3, 0.4) is 0 Å². The number of amides is 1. The number of carbonyl (C=O) groups is 2. The highest BCUT2D eigenvalue weighted by Gasteiger charge is 2.17. The second-order valence-corrected chi connectivity index (χ2v) is 3.97. The molecule has 0 rings (SSSR count). The van der Waals surface area contributed by atoms with Crippen molar-refractivity contribution in [2.45, 2.75) is 26.3 Å². The van der Waals surface area contributed by atoms with Gasteiger partial charge in [0.25, 0.3) is 0 Å². The number of nitrogens with one attached hydrogen (secondary N) is 1. The van der Waals surface area contributed by atoms with Crippen molar-refractivity contribution >= 4 is 23.6 Å². The first kappa shape index (κ1) is 12.3. The normalized spacial score (nSPS) is 12.2. The lowest BCUT2D eigenvalue weighted by atomic mass is 10.2. The average Bonchev–Trinajstić information content (AvgIpc) is 2.02. The van der Waals surface area contributed by atoms with Crippen molar-refractivity contribution in [1.82, 2.24) is 5.32 Å². The Morgan fingerprint density at radius 3 is 2.54 bits per heavy atom. The van der Waals surface area contributed by atoms with Gasteiger partial charge >= 0.3 is 5.97 Å². The van der Waals surface area contributed by atoms with Crippen LogP contribution in [-0.2, 0) is 9.59 Å². The van der Waals surface area contributed by atoms with E-state index in [9.17, 15) is 9.59 Å². The molecule has 0 saturated heterocycles. The summed E-state index contributed by atoms with van der Waals surface area (Å²) in [6.07, 6.45) is 0.480. The van der Waals surface area contributed by atoms with Gasteiger partial charge in [-0.3, -0.25) is 4.79 Å². The van der Waals surface area contributed by atoms with E-state index in [4.69, 9.17) is 5.11 Å². The lowest BCUT2D eigenvalue weighted by molar-refractivity contribution is -0.141. The number of rotatable bonds is 6. The van der Waals surface area contributed by atoms with Gasteiger partial charge in [0, 0.05) is 6.92 Å². The van der Waals surface area contributed by atoms with Crippen molar-refractivity contribution in [2.75, 3.05) is 11.5 Å². The second-order valence-electron chi connectivity index (χ2n) is 2.58. The molecule has 0 spiro atoms. The number of carbonyl (C=O) groups excluding carboxylic acids is 1. The van der Waals surface area contributed by atoms with Crippen molar-refractivity contribution in [2.24, 2.45) is 0 Å². The van der Waals surface area contributed by atoms with E-state index in [2.05, 4.69) is 5.32 Å². The highest BCUT2D eigenvalue weighted by Crippen LogP contribution is 2.04. The van der Waals surface area contributed by atoms with Gasteiger partial charge < -0.3 is 10.4 Å². The summed E-state index contributed by atoms with van der Waals surface area (Å²) >= 11 is 1.67. The zero-order chi connectivity index (χ0) is 10.3. The van der Waals surface area contributed by atoms with Gasteiger partial charge in [0.05, 0.1) is 0 Å². The van der Waals surface area contributed by atoms with Crippen molar-refractivity contribution in [3.05, 3.63) is 0 Å². The molecule has 0 fully saturated rings. The molecule has 1 amide bonds. The van der Waals surface area contributed by atoms with Crippen molar-refractivity contribution < 1.29 is 14.7 Å². The Kier molecular flexibility index (Phi) is 6.40. The Morgan fingerprint density at radius 1 is 1.54 bits per heavy atom. The molecule has 0 aliphatic rings. The molecule has 13 heavy (non-hydrogen) atoms. The van der Waals surface area contributed by atoms with Crippen LogP contribution in [0.1, 0.15) is 20.3 Å². The topological polar surface area (TPSA) is 66.4 Å². The molecule has 0 aromatic carbocycles. The minimum Gasteiger partial charge on any atom is -0.480 e. The van der Waals surface area contributed by atoms with Crippen LogP contribution in [0, 0.1) is 0 Å². The first-order valence-corrected chi connectivity index (χ1v) is 5.31. The molecule has 0 radical (unpaired) electrons. The Hall–Kier alpha value is -0.710. The highest BCUT2D eigenvalue weighted by molar-refractivity contribution is 7.99. The van der Waals surface area contributed by atoms with E-state index in [0.717, 1.165) is 11.5 Å². The predicted molar refractivity (Wildman–Crippen MR) is 52.9 cm³/mol. The quantitative estimate of drug-likeness (QED) is 0.627. The molecule has 0 saturated carbocycles. The fourth-order valence-corrected chi connectivity index (χ4v) is 1.54. The summed E-state index contributed by atoms with van der Waals surface area (Å²) in [5.74, 6) is 0.459. The minimum absolute atomic E-state index is 0.297. The van der Waals surface area contributed by atoms with E-state index in [-0.39, 0.29) is 5.91 Å². The van der Waals surface area contributed by atoms with E-state index in [1.54, 1.807) is 11.8 Å². The zero-order valence-corrected chi connectivity index (χ0v) is 8.69. The van der Waals surface area contributed by atoms with Crippen molar-refractivity contribution in [3.8, 4) is 0 Å². The smallest absolute Gasteiger partial charge is 0.326 e. The van der Waals surface area contributed by atoms with Gasteiger partial charge in [-0.2, -0.15) is 11.8 Å². The van der Waals surface area contributed by atoms with E-state index in [1.807, 2.05) is 6.92 Å². The van der Waals surface area contributed by atoms with E-state index in [1.165, 1.54) is 6.92 Å². The van der Waals surface area contributed by atoms with Crippen LogP contribution in [0.15, 0.2) is 0 Å². The predicted octanol–water partition coefficient (Wildman–Crippen LogP) is 0.719. The van der Waals surface area contributed by atoms with Gasteiger partial charge in [-0.1, -0.05) is 6.92 Å². The Balaban J connectivity index is 3.81. The molecule has 0 unspecified atom stereocenters. The van der Waals surface area contributed by atoms with Crippen molar-refractivity contribution in [1.29, 1.82) is 0 Å². The number of aliphatic carboxylic acids is 1. The molecular formula is C8H15NO3S. The summed E-state index contributed by atoms with van der Waals surface area (Å²) in [6.45, 7) is 3.34. The highest BCUT2D eigenvalue weighted by atomic mass is 32.2. The van der Waals surface area contributed by atoms with E-state index < -0.39 is 12.0 Å². The average molecular weight is 205 g/mol. The molecule has 0 aromatic rings. The monoisotopic (exact) mass is 205 g/mol. The lowest BCUT2D eigenvalue weighted by Crippen LogP contribution is -2.39. The van der Waals surface area contributed by atoms with Gasteiger partial charge in [0.15, 0.2) is 0 Å².